The van der Waals surface area contributed by atoms with Gasteiger partial charge in [0.1, 0.15) is 5.82 Å². The number of hydrogen-bond donors (Lipinski definition) is 2. The number of nitrogens with zero attached hydrogens (tertiary/aromatic N) is 2. The van der Waals surface area contributed by atoms with Crippen molar-refractivity contribution in [2.75, 3.05) is 11.1 Å². The van der Waals surface area contributed by atoms with Gasteiger partial charge in [-0.1, -0.05) is 6.92 Å². The molecule has 0 atom stereocenters. The van der Waals surface area contributed by atoms with Crippen molar-refractivity contribution >= 4 is 11.5 Å². The first-order valence-electron chi connectivity index (χ1n) is 5.30. The summed E-state index contributed by atoms with van der Waals surface area (Å²) in [6.45, 7) is 2.08. The molecule has 1 fully saturated rings. The Bertz CT molecular complexity index is 325. The molecule has 0 saturated heterocycles. The molecular weight excluding hydrogens is 176 g/mol. The summed E-state index contributed by atoms with van der Waals surface area (Å²) in [5, 5.41) is 7.81. The number of nitrogen functional groups attached to an aromatic ring is 1. The molecule has 4 nitrogen and oxygen atoms in total. The van der Waals surface area contributed by atoms with Crippen LogP contribution in [0.25, 0.3) is 0 Å². The van der Waals surface area contributed by atoms with Gasteiger partial charge in [-0.3, -0.25) is 4.68 Å². The molecule has 0 unspecified atom stereocenters. The molecule has 0 radical (unpaired) electrons. The van der Waals surface area contributed by atoms with Gasteiger partial charge in [0, 0.05) is 13.1 Å². The number of anilines is 2. The first-order valence-corrected chi connectivity index (χ1v) is 5.30. The van der Waals surface area contributed by atoms with Gasteiger partial charge in [0.05, 0.1) is 11.4 Å². The summed E-state index contributed by atoms with van der Waals surface area (Å²) in [6, 6.07) is 0.609. The fourth-order valence-electron chi connectivity index (χ4n) is 1.77. The highest BCUT2D eigenvalue weighted by Gasteiger charge is 2.20. The smallest absolute Gasteiger partial charge is 0.147 e. The van der Waals surface area contributed by atoms with Crippen LogP contribution in [0.15, 0.2) is 0 Å². The molecule has 3 N–H and O–H groups in total. The molecule has 1 aromatic rings. The predicted octanol–water partition coefficient (Wildman–Crippen LogP) is 1.53. The van der Waals surface area contributed by atoms with Crippen LogP contribution in [-0.2, 0) is 13.5 Å². The summed E-state index contributed by atoms with van der Waals surface area (Å²) in [5.74, 6) is 0.992. The number of nitrogens with two attached hydrogens (primary N) is 1. The van der Waals surface area contributed by atoms with E-state index >= 15 is 0 Å². The van der Waals surface area contributed by atoms with E-state index in [9.17, 15) is 0 Å². The molecular formula is C10H18N4. The molecule has 0 aromatic carbocycles. The number of nitrogens with one attached hydrogen (secondary N) is 1. The lowest BCUT2D eigenvalue weighted by Gasteiger charge is -2.27. The Hall–Kier alpha value is -1.19. The summed E-state index contributed by atoms with van der Waals surface area (Å²) >= 11 is 0. The first-order chi connectivity index (χ1) is 6.72. The van der Waals surface area contributed by atoms with Crippen LogP contribution in [-0.4, -0.2) is 15.8 Å². The van der Waals surface area contributed by atoms with Gasteiger partial charge in [-0.25, -0.2) is 0 Å². The Balaban J connectivity index is 2.18. The molecule has 1 aliphatic carbocycles. The minimum atomic E-state index is 0.609. The van der Waals surface area contributed by atoms with E-state index in [1.54, 1.807) is 0 Å². The second-order valence-electron chi connectivity index (χ2n) is 3.96. The zero-order valence-corrected chi connectivity index (χ0v) is 8.88. The third-order valence-electron chi connectivity index (χ3n) is 2.94. The Morgan fingerprint density at radius 2 is 2.29 bits per heavy atom. The van der Waals surface area contributed by atoms with E-state index in [2.05, 4.69) is 17.3 Å². The highest BCUT2D eigenvalue weighted by atomic mass is 15.3. The fraction of sp³-hybridized carbons (Fsp3) is 0.700. The maximum Gasteiger partial charge on any atom is 0.147 e. The Morgan fingerprint density at radius 3 is 2.71 bits per heavy atom. The van der Waals surface area contributed by atoms with Crippen molar-refractivity contribution in [1.82, 2.24) is 9.78 Å². The fourth-order valence-corrected chi connectivity index (χ4v) is 1.77. The maximum absolute atomic E-state index is 6.00. The SMILES string of the molecule is CCc1nn(C)c(NC2CCC2)c1N. The van der Waals surface area contributed by atoms with Gasteiger partial charge < -0.3 is 11.1 Å². The van der Waals surface area contributed by atoms with Crippen LogP contribution >= 0.6 is 0 Å². The van der Waals surface area contributed by atoms with Gasteiger partial charge in [-0.2, -0.15) is 5.10 Å². The van der Waals surface area contributed by atoms with Crippen molar-refractivity contribution in [3.63, 3.8) is 0 Å². The third-order valence-corrected chi connectivity index (χ3v) is 2.94. The molecule has 78 valence electrons. The minimum absolute atomic E-state index is 0.609. The van der Waals surface area contributed by atoms with Crippen LogP contribution in [0.4, 0.5) is 11.5 Å². The highest BCUT2D eigenvalue weighted by molar-refractivity contribution is 5.65. The predicted molar refractivity (Wildman–Crippen MR) is 58.3 cm³/mol. The quantitative estimate of drug-likeness (QED) is 0.767. The number of hydrogen-bond acceptors (Lipinski definition) is 3. The lowest BCUT2D eigenvalue weighted by molar-refractivity contribution is 0.442. The molecule has 0 bridgehead atoms. The van der Waals surface area contributed by atoms with Gasteiger partial charge >= 0.3 is 0 Å². The molecule has 2 rings (SSSR count). The first kappa shape index (κ1) is 9.37. The van der Waals surface area contributed by atoms with Crippen LogP contribution in [0.2, 0.25) is 0 Å². The van der Waals surface area contributed by atoms with Crippen LogP contribution < -0.4 is 11.1 Å². The van der Waals surface area contributed by atoms with Crippen molar-refractivity contribution in [2.45, 2.75) is 38.6 Å². The number of aromatic nitrogens is 2. The highest BCUT2D eigenvalue weighted by Crippen LogP contribution is 2.28. The average molecular weight is 194 g/mol. The van der Waals surface area contributed by atoms with E-state index in [4.69, 9.17) is 5.73 Å². The standard InChI is InChI=1S/C10H18N4/c1-3-8-9(11)10(14(2)13-8)12-7-5-4-6-7/h7,12H,3-6,11H2,1-2H3. The van der Waals surface area contributed by atoms with Crippen LogP contribution in [0, 0.1) is 0 Å². The summed E-state index contributed by atoms with van der Waals surface area (Å²) < 4.78 is 1.85. The molecule has 14 heavy (non-hydrogen) atoms. The average Bonchev–Trinajstić information content (AvgIpc) is 2.36. The molecule has 0 amide bonds. The zero-order chi connectivity index (χ0) is 10.1. The second kappa shape index (κ2) is 3.52. The maximum atomic E-state index is 6.00. The molecule has 1 heterocycles. The summed E-state index contributed by atoms with van der Waals surface area (Å²) in [5.41, 5.74) is 7.81. The Labute approximate surface area is 84.5 Å². The van der Waals surface area contributed by atoms with Crippen molar-refractivity contribution in [1.29, 1.82) is 0 Å². The molecule has 1 aliphatic rings. The number of aryl methyl sites for hydroxylation is 2. The minimum Gasteiger partial charge on any atom is -0.394 e. The molecule has 0 spiro atoms. The molecule has 1 saturated carbocycles. The topological polar surface area (TPSA) is 55.9 Å². The van der Waals surface area contributed by atoms with Crippen LogP contribution in [0.5, 0.6) is 0 Å². The lowest BCUT2D eigenvalue weighted by atomic mass is 9.93. The van der Waals surface area contributed by atoms with E-state index in [0.29, 0.717) is 6.04 Å². The van der Waals surface area contributed by atoms with E-state index in [1.165, 1.54) is 19.3 Å². The van der Waals surface area contributed by atoms with Gasteiger partial charge in [0.25, 0.3) is 0 Å². The largest absolute Gasteiger partial charge is 0.394 e. The van der Waals surface area contributed by atoms with Crippen LogP contribution in [0.3, 0.4) is 0 Å². The zero-order valence-electron chi connectivity index (χ0n) is 8.88. The normalized spacial score (nSPS) is 16.7. The summed E-state index contributed by atoms with van der Waals surface area (Å²) in [4.78, 5) is 0. The summed E-state index contributed by atoms with van der Waals surface area (Å²) in [6.07, 6.45) is 4.74. The second-order valence-corrected chi connectivity index (χ2v) is 3.96. The van der Waals surface area contributed by atoms with Crippen molar-refractivity contribution < 1.29 is 0 Å². The van der Waals surface area contributed by atoms with Gasteiger partial charge in [-0.05, 0) is 25.7 Å². The van der Waals surface area contributed by atoms with Crippen molar-refractivity contribution in [3.05, 3.63) is 5.69 Å². The monoisotopic (exact) mass is 194 g/mol. The van der Waals surface area contributed by atoms with Gasteiger partial charge in [0.2, 0.25) is 0 Å². The van der Waals surface area contributed by atoms with Crippen LogP contribution in [0.1, 0.15) is 31.9 Å². The third kappa shape index (κ3) is 1.45. The van der Waals surface area contributed by atoms with E-state index in [-0.39, 0.29) is 0 Å². The Kier molecular flexibility index (Phi) is 2.35. The lowest BCUT2D eigenvalue weighted by Crippen LogP contribution is -2.28. The van der Waals surface area contributed by atoms with Crippen molar-refractivity contribution in [3.8, 4) is 0 Å². The summed E-state index contributed by atoms with van der Waals surface area (Å²) in [7, 11) is 1.94. The molecule has 1 aromatic heterocycles. The molecule has 0 aliphatic heterocycles. The van der Waals surface area contributed by atoms with Gasteiger partial charge in [-0.15, -0.1) is 0 Å². The van der Waals surface area contributed by atoms with Gasteiger partial charge in [0.15, 0.2) is 0 Å². The Morgan fingerprint density at radius 1 is 1.57 bits per heavy atom. The van der Waals surface area contributed by atoms with E-state index in [0.717, 1.165) is 23.6 Å². The van der Waals surface area contributed by atoms with E-state index in [1.807, 2.05) is 11.7 Å². The molecule has 4 heteroatoms. The number of rotatable bonds is 3. The van der Waals surface area contributed by atoms with E-state index < -0.39 is 0 Å². The van der Waals surface area contributed by atoms with Crippen molar-refractivity contribution in [2.24, 2.45) is 7.05 Å².